The quantitative estimate of drug-likeness (QED) is 0.551. The first-order chi connectivity index (χ1) is 13.2. The van der Waals surface area contributed by atoms with E-state index in [4.69, 9.17) is 4.74 Å². The number of ether oxygens (including phenoxy) is 1. The first kappa shape index (κ1) is 18.0. The number of methoxy groups -OCH3 is 1. The molecule has 27 heavy (non-hydrogen) atoms. The molecule has 0 unspecified atom stereocenters. The number of H-pyrrole nitrogens is 1. The molecule has 0 bridgehead atoms. The molecular weight excluding hydrogens is 340 g/mol. The minimum atomic E-state index is -0.465. The fraction of sp³-hybridized carbons (Fsp3) is 0.0952. The fourth-order valence-corrected chi connectivity index (χ4v) is 2.72. The number of hydrogen-bond donors (Lipinski definition) is 1. The molecule has 1 N–H and O–H groups in total. The van der Waals surface area contributed by atoms with Crippen LogP contribution in [0.5, 0.6) is 5.75 Å². The number of pyridine rings is 1. The van der Waals surface area contributed by atoms with Gasteiger partial charge in [0.05, 0.1) is 12.8 Å². The molecule has 1 heterocycles. The van der Waals surface area contributed by atoms with E-state index < -0.39 is 5.56 Å². The molecule has 3 rings (SSSR count). The molecule has 0 aliphatic carbocycles. The second kappa shape index (κ2) is 8.02. The Hall–Kier alpha value is -3.85. The molecule has 0 saturated carbocycles. The van der Waals surface area contributed by atoms with Gasteiger partial charge in [0.25, 0.3) is 5.56 Å². The van der Waals surface area contributed by atoms with Crippen LogP contribution in [0, 0.1) is 11.3 Å². The van der Waals surface area contributed by atoms with Gasteiger partial charge in [0.15, 0.2) is 0 Å². The lowest BCUT2D eigenvalue weighted by Gasteiger charge is -2.19. The lowest BCUT2D eigenvalue weighted by molar-refractivity contribution is 0.415. The Morgan fingerprint density at radius 3 is 2.44 bits per heavy atom. The molecule has 0 amide bonds. The lowest BCUT2D eigenvalue weighted by Crippen LogP contribution is -2.19. The van der Waals surface area contributed by atoms with Crippen molar-refractivity contribution >= 4 is 17.7 Å². The maximum Gasteiger partial charge on any atom is 0.268 e. The monoisotopic (exact) mass is 358 g/mol. The van der Waals surface area contributed by atoms with Gasteiger partial charge in [-0.15, -0.1) is 0 Å². The van der Waals surface area contributed by atoms with E-state index in [1.807, 2.05) is 48.5 Å². The molecule has 1 aromatic heterocycles. The van der Waals surface area contributed by atoms with E-state index in [9.17, 15) is 10.1 Å². The van der Waals surface area contributed by atoms with Gasteiger partial charge in [-0.2, -0.15) is 10.4 Å². The van der Waals surface area contributed by atoms with Gasteiger partial charge in [0.1, 0.15) is 23.2 Å². The predicted octanol–water partition coefficient (Wildman–Crippen LogP) is 4.07. The molecule has 0 saturated heterocycles. The van der Waals surface area contributed by atoms with Gasteiger partial charge in [-0.05, 0) is 42.8 Å². The Bertz CT molecular complexity index is 1050. The molecule has 0 aliphatic heterocycles. The summed E-state index contributed by atoms with van der Waals surface area (Å²) in [6.45, 7) is 1.79. The van der Waals surface area contributed by atoms with Gasteiger partial charge in [-0.25, -0.2) is 5.01 Å². The minimum absolute atomic E-state index is 0.0532. The maximum atomic E-state index is 12.5. The summed E-state index contributed by atoms with van der Waals surface area (Å²) in [5, 5.41) is 15.5. The summed E-state index contributed by atoms with van der Waals surface area (Å²) in [4.78, 5) is 15.3. The van der Waals surface area contributed by atoms with E-state index in [1.165, 1.54) is 0 Å². The molecular formula is C21H18N4O2. The van der Waals surface area contributed by atoms with Crippen molar-refractivity contribution in [2.75, 3.05) is 12.1 Å². The maximum absolute atomic E-state index is 12.5. The topological polar surface area (TPSA) is 81.5 Å². The number of benzene rings is 2. The highest BCUT2D eigenvalue weighted by Crippen LogP contribution is 2.29. The van der Waals surface area contributed by atoms with E-state index >= 15 is 0 Å². The average molecular weight is 358 g/mol. The summed E-state index contributed by atoms with van der Waals surface area (Å²) in [6, 6.07) is 20.4. The number of hydrazone groups is 1. The average Bonchev–Trinajstić information content (AvgIpc) is 2.72. The smallest absolute Gasteiger partial charge is 0.268 e. The highest BCUT2D eigenvalue weighted by atomic mass is 16.5. The Balaban J connectivity index is 2.18. The molecule has 3 aromatic rings. The van der Waals surface area contributed by atoms with E-state index in [2.05, 4.69) is 10.1 Å². The van der Waals surface area contributed by atoms with Crippen LogP contribution in [0.4, 0.5) is 11.5 Å². The van der Waals surface area contributed by atoms with Crippen LogP contribution in [0.2, 0.25) is 0 Å². The summed E-state index contributed by atoms with van der Waals surface area (Å²) >= 11 is 0. The minimum Gasteiger partial charge on any atom is -0.497 e. The zero-order valence-corrected chi connectivity index (χ0v) is 15.0. The van der Waals surface area contributed by atoms with Crippen molar-refractivity contribution < 1.29 is 4.74 Å². The number of anilines is 2. The van der Waals surface area contributed by atoms with Crippen molar-refractivity contribution in [3.8, 4) is 22.9 Å². The van der Waals surface area contributed by atoms with Crippen molar-refractivity contribution in [2.45, 2.75) is 6.92 Å². The first-order valence-corrected chi connectivity index (χ1v) is 8.33. The Morgan fingerprint density at radius 1 is 1.15 bits per heavy atom. The zero-order chi connectivity index (χ0) is 19.2. The SMILES string of the molecule is CC=NN(c1ccccc1)c1cc(-c2ccc(OC)cc2)c(C#N)c(=O)[nH]1. The third kappa shape index (κ3) is 3.72. The highest BCUT2D eigenvalue weighted by molar-refractivity contribution is 5.75. The summed E-state index contributed by atoms with van der Waals surface area (Å²) in [5.74, 6) is 1.16. The molecule has 6 heteroatoms. The number of aromatic amines is 1. The largest absolute Gasteiger partial charge is 0.497 e. The molecule has 134 valence electrons. The number of nitrogens with zero attached hydrogens (tertiary/aromatic N) is 3. The third-order valence-electron chi connectivity index (χ3n) is 3.99. The molecule has 0 aliphatic rings. The predicted molar refractivity (Wildman–Crippen MR) is 107 cm³/mol. The normalized spacial score (nSPS) is 10.6. The van der Waals surface area contributed by atoms with Crippen LogP contribution in [0.1, 0.15) is 12.5 Å². The van der Waals surface area contributed by atoms with E-state index in [0.29, 0.717) is 17.1 Å². The van der Waals surface area contributed by atoms with Crippen molar-refractivity contribution in [2.24, 2.45) is 5.10 Å². The van der Waals surface area contributed by atoms with Gasteiger partial charge >= 0.3 is 0 Å². The lowest BCUT2D eigenvalue weighted by atomic mass is 10.0. The van der Waals surface area contributed by atoms with Crippen LogP contribution < -0.4 is 15.3 Å². The number of aromatic nitrogens is 1. The zero-order valence-electron chi connectivity index (χ0n) is 15.0. The molecule has 0 atom stereocenters. The van der Waals surface area contributed by atoms with Crippen molar-refractivity contribution in [3.05, 3.63) is 76.6 Å². The summed E-state index contributed by atoms with van der Waals surface area (Å²) < 4.78 is 5.18. The van der Waals surface area contributed by atoms with E-state index in [-0.39, 0.29) is 5.56 Å². The van der Waals surface area contributed by atoms with Gasteiger partial charge in [0.2, 0.25) is 0 Å². The van der Waals surface area contributed by atoms with Crippen LogP contribution >= 0.6 is 0 Å². The number of hydrogen-bond acceptors (Lipinski definition) is 5. The van der Waals surface area contributed by atoms with Gasteiger partial charge in [-0.3, -0.25) is 4.79 Å². The third-order valence-corrected chi connectivity index (χ3v) is 3.99. The van der Waals surface area contributed by atoms with Gasteiger partial charge in [-0.1, -0.05) is 30.3 Å². The number of rotatable bonds is 5. The summed E-state index contributed by atoms with van der Waals surface area (Å²) in [7, 11) is 1.58. The number of nitrogens with one attached hydrogen (secondary N) is 1. The Labute approximate surface area is 157 Å². The van der Waals surface area contributed by atoms with Crippen molar-refractivity contribution in [1.82, 2.24) is 4.98 Å². The second-order valence-corrected chi connectivity index (χ2v) is 5.63. The molecule has 2 aromatic carbocycles. The van der Waals surface area contributed by atoms with Crippen LogP contribution in [-0.4, -0.2) is 18.3 Å². The Kier molecular flexibility index (Phi) is 5.33. The van der Waals surface area contributed by atoms with Crippen LogP contribution in [-0.2, 0) is 0 Å². The fourth-order valence-electron chi connectivity index (χ4n) is 2.72. The molecule has 0 spiro atoms. The molecule has 6 nitrogen and oxygen atoms in total. The Morgan fingerprint density at radius 2 is 1.85 bits per heavy atom. The van der Waals surface area contributed by atoms with Crippen LogP contribution in [0.15, 0.2) is 70.6 Å². The van der Waals surface area contributed by atoms with Crippen molar-refractivity contribution in [3.63, 3.8) is 0 Å². The number of nitriles is 1. The molecule has 0 radical (unpaired) electrons. The summed E-state index contributed by atoms with van der Waals surface area (Å²) in [5.41, 5.74) is 1.65. The highest BCUT2D eigenvalue weighted by Gasteiger charge is 2.16. The second-order valence-electron chi connectivity index (χ2n) is 5.63. The van der Waals surface area contributed by atoms with E-state index in [1.54, 1.807) is 43.5 Å². The summed E-state index contributed by atoms with van der Waals surface area (Å²) in [6.07, 6.45) is 1.64. The number of para-hydroxylation sites is 1. The van der Waals surface area contributed by atoms with Crippen LogP contribution in [0.3, 0.4) is 0 Å². The van der Waals surface area contributed by atoms with Crippen LogP contribution in [0.25, 0.3) is 11.1 Å². The standard InChI is InChI=1S/C21H18N4O2/c1-3-23-25(16-7-5-4-6-8-16)20-13-18(19(14-22)21(26)24-20)15-9-11-17(27-2)12-10-15/h3-13H,1-2H3,(H,24,26). The molecule has 0 fully saturated rings. The first-order valence-electron chi connectivity index (χ1n) is 8.33. The van der Waals surface area contributed by atoms with Gasteiger partial charge < -0.3 is 9.72 Å². The van der Waals surface area contributed by atoms with Crippen molar-refractivity contribution in [1.29, 1.82) is 5.26 Å². The van der Waals surface area contributed by atoms with Gasteiger partial charge in [0, 0.05) is 11.8 Å². The van der Waals surface area contributed by atoms with E-state index in [0.717, 1.165) is 11.3 Å².